The third-order valence-electron chi connectivity index (χ3n) is 3.13. The molecule has 0 saturated carbocycles. The number of allylic oxidation sites excluding steroid dienone is 1. The zero-order chi connectivity index (χ0) is 11.7. The van der Waals surface area contributed by atoms with Gasteiger partial charge in [0.05, 0.1) is 19.6 Å². The van der Waals surface area contributed by atoms with Crippen LogP contribution in [0.1, 0.15) is 27.7 Å². The first-order valence-corrected chi connectivity index (χ1v) is 5.78. The van der Waals surface area contributed by atoms with E-state index in [2.05, 4.69) is 20.8 Å². The van der Waals surface area contributed by atoms with Crippen molar-refractivity contribution in [3.63, 3.8) is 0 Å². The lowest BCUT2D eigenvalue weighted by molar-refractivity contribution is -0.923. The largest absolute Gasteiger partial charge is 0.457 e. The summed E-state index contributed by atoms with van der Waals surface area (Å²) in [4.78, 5) is 11.1. The lowest BCUT2D eigenvalue weighted by Gasteiger charge is -2.35. The highest BCUT2D eigenvalue weighted by Gasteiger charge is 2.20. The fraction of sp³-hybridized carbons (Fsp3) is 0.750. The number of hydrogen-bond acceptors (Lipinski definition) is 2. The Kier molecular flexibility index (Phi) is 7.05. The van der Waals surface area contributed by atoms with Crippen LogP contribution in [0.15, 0.2) is 12.2 Å². The Balaban J connectivity index is 3.96. The smallest absolute Gasteiger partial charge is 0.330 e. The van der Waals surface area contributed by atoms with Crippen LogP contribution in [0.3, 0.4) is 0 Å². The number of nitrogens with zero attached hydrogens (tertiary/aromatic N) is 1. The lowest BCUT2D eigenvalue weighted by atomic mass is 10.3. The number of carbonyl (C=O) groups is 1. The molecule has 3 nitrogen and oxygen atoms in total. The Hall–Kier alpha value is -0.830. The van der Waals surface area contributed by atoms with E-state index >= 15 is 0 Å². The van der Waals surface area contributed by atoms with E-state index in [9.17, 15) is 4.79 Å². The SMILES string of the molecule is C/C=C/C(=O)OCC[N+](CC)(CC)CC. The number of hydrogen-bond donors (Lipinski definition) is 0. The summed E-state index contributed by atoms with van der Waals surface area (Å²) in [6, 6.07) is 0. The van der Waals surface area contributed by atoms with Gasteiger partial charge in [-0.05, 0) is 27.7 Å². The second kappa shape index (κ2) is 7.46. The van der Waals surface area contributed by atoms with E-state index in [1.165, 1.54) is 6.08 Å². The monoisotopic (exact) mass is 214 g/mol. The minimum atomic E-state index is -0.237. The molecular weight excluding hydrogens is 190 g/mol. The molecule has 0 aromatic heterocycles. The molecule has 88 valence electrons. The molecule has 0 rings (SSSR count). The van der Waals surface area contributed by atoms with E-state index in [0.717, 1.165) is 30.7 Å². The van der Waals surface area contributed by atoms with Crippen molar-refractivity contribution < 1.29 is 14.0 Å². The summed E-state index contributed by atoms with van der Waals surface area (Å²) in [7, 11) is 0. The zero-order valence-electron chi connectivity index (χ0n) is 10.5. The van der Waals surface area contributed by atoms with Crippen molar-refractivity contribution in [2.24, 2.45) is 0 Å². The van der Waals surface area contributed by atoms with Gasteiger partial charge in [0.15, 0.2) is 0 Å². The summed E-state index contributed by atoms with van der Waals surface area (Å²) in [5.41, 5.74) is 0. The van der Waals surface area contributed by atoms with Crippen LogP contribution in [0, 0.1) is 0 Å². The Morgan fingerprint density at radius 1 is 1.20 bits per heavy atom. The van der Waals surface area contributed by atoms with Crippen LogP contribution >= 0.6 is 0 Å². The van der Waals surface area contributed by atoms with Gasteiger partial charge in [-0.15, -0.1) is 0 Å². The summed E-state index contributed by atoms with van der Waals surface area (Å²) in [6.07, 6.45) is 3.16. The molecule has 0 spiro atoms. The van der Waals surface area contributed by atoms with Crippen LogP contribution in [0.4, 0.5) is 0 Å². The van der Waals surface area contributed by atoms with E-state index in [1.807, 2.05) is 6.92 Å². The Morgan fingerprint density at radius 3 is 2.13 bits per heavy atom. The van der Waals surface area contributed by atoms with Gasteiger partial charge in [0.25, 0.3) is 0 Å². The molecule has 0 aliphatic heterocycles. The minimum absolute atomic E-state index is 0.237. The van der Waals surface area contributed by atoms with Crippen LogP contribution in [0.25, 0.3) is 0 Å². The normalized spacial score (nSPS) is 12.0. The first-order chi connectivity index (χ1) is 7.14. The van der Waals surface area contributed by atoms with Gasteiger partial charge in [-0.25, -0.2) is 4.79 Å². The molecule has 0 heterocycles. The molecule has 0 bridgehead atoms. The molecule has 0 aromatic rings. The number of carbonyl (C=O) groups excluding carboxylic acids is 1. The van der Waals surface area contributed by atoms with Crippen molar-refractivity contribution in [1.82, 2.24) is 0 Å². The summed E-state index contributed by atoms with van der Waals surface area (Å²) in [5.74, 6) is -0.237. The predicted octanol–water partition coefficient (Wildman–Crippen LogP) is 1.98. The molecule has 0 atom stereocenters. The predicted molar refractivity (Wildman–Crippen MR) is 62.5 cm³/mol. The van der Waals surface area contributed by atoms with Crippen LogP contribution in [0.2, 0.25) is 0 Å². The third-order valence-corrected chi connectivity index (χ3v) is 3.13. The van der Waals surface area contributed by atoms with Gasteiger partial charge in [0.1, 0.15) is 13.2 Å². The van der Waals surface area contributed by atoms with Crippen LogP contribution in [-0.2, 0) is 9.53 Å². The Labute approximate surface area is 93.3 Å². The van der Waals surface area contributed by atoms with Gasteiger partial charge in [-0.2, -0.15) is 0 Å². The van der Waals surface area contributed by atoms with Gasteiger partial charge in [-0.1, -0.05) is 6.08 Å². The van der Waals surface area contributed by atoms with E-state index < -0.39 is 0 Å². The van der Waals surface area contributed by atoms with Gasteiger partial charge in [0.2, 0.25) is 0 Å². The number of rotatable bonds is 7. The summed E-state index contributed by atoms with van der Waals surface area (Å²) < 4.78 is 6.12. The van der Waals surface area contributed by atoms with E-state index in [1.54, 1.807) is 6.08 Å². The number of ether oxygens (including phenoxy) is 1. The topological polar surface area (TPSA) is 26.3 Å². The van der Waals surface area contributed by atoms with Crippen molar-refractivity contribution in [2.45, 2.75) is 27.7 Å². The van der Waals surface area contributed by atoms with Gasteiger partial charge < -0.3 is 9.22 Å². The molecule has 0 saturated heterocycles. The quantitative estimate of drug-likeness (QED) is 0.368. The number of likely N-dealkylation sites (N-methyl/N-ethyl adjacent to an activating group) is 1. The van der Waals surface area contributed by atoms with Crippen molar-refractivity contribution in [2.75, 3.05) is 32.8 Å². The number of esters is 1. The highest BCUT2D eigenvalue weighted by Crippen LogP contribution is 2.05. The summed E-state index contributed by atoms with van der Waals surface area (Å²) in [6.45, 7) is 13.1. The van der Waals surface area contributed by atoms with Crippen molar-refractivity contribution in [3.05, 3.63) is 12.2 Å². The van der Waals surface area contributed by atoms with E-state index in [0.29, 0.717) is 6.61 Å². The molecule has 0 N–H and O–H groups in total. The first-order valence-electron chi connectivity index (χ1n) is 5.78. The van der Waals surface area contributed by atoms with Crippen LogP contribution in [0.5, 0.6) is 0 Å². The standard InChI is InChI=1S/C12H24NO2/c1-5-9-12(14)15-11-10-13(6-2,7-3)8-4/h5,9H,6-8,10-11H2,1-4H3/q+1/b9-5+. The second-order valence-corrected chi connectivity index (χ2v) is 3.68. The molecule has 0 radical (unpaired) electrons. The first kappa shape index (κ1) is 14.2. The molecule has 0 aromatic carbocycles. The lowest BCUT2D eigenvalue weighted by Crippen LogP contribution is -2.49. The van der Waals surface area contributed by atoms with E-state index in [4.69, 9.17) is 4.74 Å². The summed E-state index contributed by atoms with van der Waals surface area (Å²) in [5, 5.41) is 0. The fourth-order valence-corrected chi connectivity index (χ4v) is 1.67. The Morgan fingerprint density at radius 2 is 1.73 bits per heavy atom. The average molecular weight is 214 g/mol. The van der Waals surface area contributed by atoms with Crippen LogP contribution in [-0.4, -0.2) is 43.2 Å². The molecule has 0 aliphatic rings. The highest BCUT2D eigenvalue weighted by molar-refractivity contribution is 5.81. The van der Waals surface area contributed by atoms with Crippen LogP contribution < -0.4 is 0 Å². The second-order valence-electron chi connectivity index (χ2n) is 3.68. The van der Waals surface area contributed by atoms with Crippen molar-refractivity contribution in [1.29, 1.82) is 0 Å². The van der Waals surface area contributed by atoms with Crippen molar-refractivity contribution in [3.8, 4) is 0 Å². The Bertz CT molecular complexity index is 199. The third kappa shape index (κ3) is 4.98. The highest BCUT2D eigenvalue weighted by atomic mass is 16.5. The van der Waals surface area contributed by atoms with E-state index in [-0.39, 0.29) is 5.97 Å². The fourth-order valence-electron chi connectivity index (χ4n) is 1.67. The molecular formula is C12H24NO2+. The zero-order valence-corrected chi connectivity index (χ0v) is 10.5. The average Bonchev–Trinajstić information content (AvgIpc) is 2.25. The minimum Gasteiger partial charge on any atom is -0.457 e. The maximum Gasteiger partial charge on any atom is 0.330 e. The molecule has 0 aliphatic carbocycles. The van der Waals surface area contributed by atoms with Gasteiger partial charge in [0, 0.05) is 6.08 Å². The molecule has 0 fully saturated rings. The van der Waals surface area contributed by atoms with Gasteiger partial charge in [-0.3, -0.25) is 0 Å². The maximum absolute atomic E-state index is 11.1. The maximum atomic E-state index is 11.1. The molecule has 3 heteroatoms. The molecule has 15 heavy (non-hydrogen) atoms. The summed E-state index contributed by atoms with van der Waals surface area (Å²) >= 11 is 0. The number of quaternary nitrogens is 1. The van der Waals surface area contributed by atoms with Crippen molar-refractivity contribution >= 4 is 5.97 Å². The molecule has 0 unspecified atom stereocenters. The van der Waals surface area contributed by atoms with Gasteiger partial charge >= 0.3 is 5.97 Å². The molecule has 0 amide bonds.